The van der Waals surface area contributed by atoms with Crippen molar-refractivity contribution in [3.05, 3.63) is 16.6 Å². The Kier molecular flexibility index (Phi) is 5.42. The minimum atomic E-state index is 0.310. The Labute approximate surface area is 107 Å². The normalized spacial score (nSPS) is 19.4. The van der Waals surface area contributed by atoms with E-state index in [2.05, 4.69) is 15.3 Å². The fraction of sp³-hybridized carbons (Fsp3) is 0.769. The van der Waals surface area contributed by atoms with E-state index in [-0.39, 0.29) is 0 Å². The molecule has 1 N–H and O–H groups in total. The molecule has 0 spiro atoms. The molecule has 2 rings (SSSR count). The Bertz CT molecular complexity index is 296. The third kappa shape index (κ3) is 3.76. The molecular weight excluding hydrogens is 232 g/mol. The first-order valence-electron chi connectivity index (χ1n) is 6.66. The van der Waals surface area contributed by atoms with Gasteiger partial charge in [-0.15, -0.1) is 11.3 Å². The van der Waals surface area contributed by atoms with Crippen LogP contribution >= 0.6 is 11.3 Å². The maximum atomic E-state index is 8.89. The van der Waals surface area contributed by atoms with Gasteiger partial charge in [0.05, 0.1) is 6.04 Å². The molecule has 0 amide bonds. The number of aliphatic hydroxyl groups is 1. The van der Waals surface area contributed by atoms with Crippen LogP contribution in [-0.4, -0.2) is 34.7 Å². The molecule has 0 aliphatic carbocycles. The van der Waals surface area contributed by atoms with Crippen LogP contribution in [0.5, 0.6) is 0 Å². The van der Waals surface area contributed by atoms with E-state index in [0.717, 1.165) is 19.3 Å². The largest absolute Gasteiger partial charge is 0.396 e. The van der Waals surface area contributed by atoms with E-state index in [9.17, 15) is 0 Å². The fourth-order valence-electron chi connectivity index (χ4n) is 2.54. The lowest BCUT2D eigenvalue weighted by Gasteiger charge is -2.33. The van der Waals surface area contributed by atoms with Crippen molar-refractivity contribution in [2.24, 2.45) is 0 Å². The number of aliphatic hydroxyl groups excluding tert-OH is 1. The van der Waals surface area contributed by atoms with Gasteiger partial charge >= 0.3 is 0 Å². The van der Waals surface area contributed by atoms with Crippen molar-refractivity contribution in [1.82, 2.24) is 9.88 Å². The van der Waals surface area contributed by atoms with E-state index >= 15 is 0 Å². The van der Waals surface area contributed by atoms with Gasteiger partial charge in [0.1, 0.15) is 5.01 Å². The van der Waals surface area contributed by atoms with E-state index in [1.807, 2.05) is 6.20 Å². The van der Waals surface area contributed by atoms with Crippen LogP contribution < -0.4 is 0 Å². The van der Waals surface area contributed by atoms with E-state index in [4.69, 9.17) is 5.11 Å². The van der Waals surface area contributed by atoms with Gasteiger partial charge in [-0.25, -0.2) is 4.98 Å². The van der Waals surface area contributed by atoms with Gasteiger partial charge in [0, 0.05) is 18.2 Å². The predicted octanol–water partition coefficient (Wildman–Crippen LogP) is 2.83. The molecule has 1 aliphatic rings. The van der Waals surface area contributed by atoms with E-state index < -0.39 is 0 Å². The van der Waals surface area contributed by atoms with Crippen LogP contribution in [0.15, 0.2) is 11.6 Å². The summed E-state index contributed by atoms with van der Waals surface area (Å²) in [5, 5.41) is 12.2. The van der Waals surface area contributed by atoms with E-state index in [0.29, 0.717) is 12.6 Å². The first-order valence-corrected chi connectivity index (χ1v) is 7.54. The number of hydrogen-bond donors (Lipinski definition) is 1. The van der Waals surface area contributed by atoms with Crippen LogP contribution in [0.25, 0.3) is 0 Å². The molecule has 1 unspecified atom stereocenters. The number of hydrogen-bond acceptors (Lipinski definition) is 4. The molecule has 1 saturated heterocycles. The highest BCUT2D eigenvalue weighted by atomic mass is 32.1. The molecule has 3 nitrogen and oxygen atoms in total. The zero-order valence-corrected chi connectivity index (χ0v) is 11.2. The Balaban J connectivity index is 1.96. The molecule has 17 heavy (non-hydrogen) atoms. The van der Waals surface area contributed by atoms with Gasteiger partial charge in [0.25, 0.3) is 0 Å². The molecule has 1 atom stereocenters. The number of nitrogens with zero attached hydrogens (tertiary/aromatic N) is 2. The number of unbranched alkanes of at least 4 members (excludes halogenated alkanes) is 1. The second kappa shape index (κ2) is 7.09. The van der Waals surface area contributed by atoms with Crippen molar-refractivity contribution < 1.29 is 5.11 Å². The SMILES string of the molecule is OCCCCC(c1nccs1)N1CCCCC1. The fourth-order valence-corrected chi connectivity index (χ4v) is 3.35. The number of piperidine rings is 1. The van der Waals surface area contributed by atoms with Crippen molar-refractivity contribution in [2.75, 3.05) is 19.7 Å². The molecule has 0 bridgehead atoms. The van der Waals surface area contributed by atoms with Crippen molar-refractivity contribution in [2.45, 2.75) is 44.6 Å². The molecule has 2 heterocycles. The minimum Gasteiger partial charge on any atom is -0.396 e. The van der Waals surface area contributed by atoms with Gasteiger partial charge in [-0.2, -0.15) is 0 Å². The summed E-state index contributed by atoms with van der Waals surface area (Å²) in [6.45, 7) is 2.73. The third-order valence-electron chi connectivity index (χ3n) is 3.45. The maximum absolute atomic E-state index is 8.89. The van der Waals surface area contributed by atoms with Crippen LogP contribution in [0.1, 0.15) is 49.6 Å². The molecule has 0 saturated carbocycles. The van der Waals surface area contributed by atoms with Gasteiger partial charge in [-0.1, -0.05) is 6.42 Å². The molecular formula is C13H22N2OS. The first-order chi connectivity index (χ1) is 8.42. The van der Waals surface area contributed by atoms with Crippen LogP contribution in [0.3, 0.4) is 0 Å². The number of aromatic nitrogens is 1. The summed E-state index contributed by atoms with van der Waals surface area (Å²) >= 11 is 1.77. The highest BCUT2D eigenvalue weighted by Gasteiger charge is 2.23. The van der Waals surface area contributed by atoms with Gasteiger partial charge in [-0.05, 0) is 45.2 Å². The molecule has 1 aromatic heterocycles. The lowest BCUT2D eigenvalue weighted by Crippen LogP contribution is -2.33. The highest BCUT2D eigenvalue weighted by Crippen LogP contribution is 2.30. The Morgan fingerprint density at radius 1 is 1.29 bits per heavy atom. The van der Waals surface area contributed by atoms with Crippen molar-refractivity contribution >= 4 is 11.3 Å². The topological polar surface area (TPSA) is 36.4 Å². The lowest BCUT2D eigenvalue weighted by atomic mass is 10.0. The van der Waals surface area contributed by atoms with Crippen LogP contribution in [0.2, 0.25) is 0 Å². The molecule has 4 heteroatoms. The summed E-state index contributed by atoms with van der Waals surface area (Å²) in [5.74, 6) is 0. The van der Waals surface area contributed by atoms with Crippen molar-refractivity contribution in [3.8, 4) is 0 Å². The minimum absolute atomic E-state index is 0.310. The smallest absolute Gasteiger partial charge is 0.110 e. The average Bonchev–Trinajstić information content (AvgIpc) is 2.89. The number of thiazole rings is 1. The summed E-state index contributed by atoms with van der Waals surface area (Å²) in [7, 11) is 0. The predicted molar refractivity (Wildman–Crippen MR) is 71.2 cm³/mol. The lowest BCUT2D eigenvalue weighted by molar-refractivity contribution is 0.150. The molecule has 1 fully saturated rings. The standard InChI is InChI=1S/C13H22N2OS/c16-10-5-2-6-12(13-14-7-11-17-13)15-8-3-1-4-9-15/h7,11-12,16H,1-6,8-10H2. The monoisotopic (exact) mass is 254 g/mol. The number of rotatable bonds is 6. The van der Waals surface area contributed by atoms with Gasteiger partial charge in [0.15, 0.2) is 0 Å². The Morgan fingerprint density at radius 3 is 2.76 bits per heavy atom. The number of likely N-dealkylation sites (tertiary alicyclic amines) is 1. The third-order valence-corrected chi connectivity index (χ3v) is 4.33. The summed E-state index contributed by atoms with van der Waals surface area (Å²) < 4.78 is 0. The van der Waals surface area contributed by atoms with Crippen LogP contribution in [0.4, 0.5) is 0 Å². The summed E-state index contributed by atoms with van der Waals surface area (Å²) in [5.41, 5.74) is 0. The quantitative estimate of drug-likeness (QED) is 0.793. The zero-order valence-electron chi connectivity index (χ0n) is 10.3. The maximum Gasteiger partial charge on any atom is 0.110 e. The Hall–Kier alpha value is -0.450. The van der Waals surface area contributed by atoms with E-state index in [1.54, 1.807) is 11.3 Å². The van der Waals surface area contributed by atoms with Gasteiger partial charge in [-0.3, -0.25) is 4.90 Å². The molecule has 0 radical (unpaired) electrons. The molecule has 1 aromatic rings. The Morgan fingerprint density at radius 2 is 2.12 bits per heavy atom. The average molecular weight is 254 g/mol. The zero-order chi connectivity index (χ0) is 11.9. The second-order valence-electron chi connectivity index (χ2n) is 4.70. The van der Waals surface area contributed by atoms with Gasteiger partial charge < -0.3 is 5.11 Å². The molecule has 96 valence electrons. The van der Waals surface area contributed by atoms with Crippen LogP contribution in [-0.2, 0) is 0 Å². The van der Waals surface area contributed by atoms with Crippen LogP contribution in [0, 0.1) is 0 Å². The summed E-state index contributed by atoms with van der Waals surface area (Å²) in [6.07, 6.45) is 9.06. The summed E-state index contributed by atoms with van der Waals surface area (Å²) in [4.78, 5) is 7.07. The molecule has 1 aliphatic heterocycles. The van der Waals surface area contributed by atoms with E-state index in [1.165, 1.54) is 37.4 Å². The first kappa shape index (κ1) is 13.0. The van der Waals surface area contributed by atoms with Crippen molar-refractivity contribution in [1.29, 1.82) is 0 Å². The second-order valence-corrected chi connectivity index (χ2v) is 5.63. The van der Waals surface area contributed by atoms with Crippen molar-refractivity contribution in [3.63, 3.8) is 0 Å². The summed E-state index contributed by atoms with van der Waals surface area (Å²) in [6, 6.07) is 0.488. The molecule has 0 aromatic carbocycles. The van der Waals surface area contributed by atoms with Gasteiger partial charge in [0.2, 0.25) is 0 Å². The highest BCUT2D eigenvalue weighted by molar-refractivity contribution is 7.09.